The number of ether oxygens (including phenoxy) is 2. The Labute approximate surface area is 223 Å². The average Bonchev–Trinajstić information content (AvgIpc) is 3.14. The van der Waals surface area contributed by atoms with Crippen molar-refractivity contribution in [1.29, 1.82) is 0 Å². The Balaban J connectivity index is 1.40. The number of benzene rings is 4. The van der Waals surface area contributed by atoms with Gasteiger partial charge in [-0.1, -0.05) is 72.8 Å². The molecule has 1 aliphatic carbocycles. The van der Waals surface area contributed by atoms with E-state index in [0.29, 0.717) is 13.0 Å². The molecule has 0 saturated heterocycles. The van der Waals surface area contributed by atoms with Crippen LogP contribution in [-0.4, -0.2) is 12.9 Å². The smallest absolute Gasteiger partial charge is 0.163 e. The number of hydrogen-bond donors (Lipinski definition) is 2. The molecule has 1 aliphatic heterocycles. The molecule has 5 nitrogen and oxygen atoms in total. The molecule has 2 N–H and O–H groups in total. The number of hydrogen-bond acceptors (Lipinski definition) is 5. The molecule has 0 radical (unpaired) electrons. The fraction of sp³-hybridized carbons (Fsp3) is 0.182. The van der Waals surface area contributed by atoms with Gasteiger partial charge in [-0.15, -0.1) is 0 Å². The standard InChI is InChI=1S/C33H30N2O3/c1-37-25-13-9-12-23(18-25)24-19-29-32(30(36)20-24)33(35-28-16-7-6-15-27(28)34-29)26-14-5-8-17-31(26)38-21-22-10-3-2-4-11-22/h2-18,24,33-35H,19-21H2,1H3/t24-,33+/m0/s1. The van der Waals surface area contributed by atoms with E-state index >= 15 is 0 Å². The number of methoxy groups -OCH3 is 1. The highest BCUT2D eigenvalue weighted by atomic mass is 16.5. The minimum atomic E-state index is -0.341. The number of carbonyl (C=O) groups is 1. The molecule has 4 aromatic rings. The van der Waals surface area contributed by atoms with E-state index < -0.39 is 0 Å². The summed E-state index contributed by atoms with van der Waals surface area (Å²) in [6.07, 6.45) is 1.17. The van der Waals surface area contributed by atoms with E-state index in [1.807, 2.05) is 78.9 Å². The molecule has 0 bridgehead atoms. The SMILES string of the molecule is COc1cccc([C@@H]2CC(=O)C3=C(C2)Nc2ccccc2N[C@@H]3c2ccccc2OCc2ccccc2)c1. The fourth-order valence-electron chi connectivity index (χ4n) is 5.44. The maximum atomic E-state index is 13.9. The minimum Gasteiger partial charge on any atom is -0.497 e. The lowest BCUT2D eigenvalue weighted by Gasteiger charge is -2.30. The summed E-state index contributed by atoms with van der Waals surface area (Å²) in [6, 6.07) is 34.0. The van der Waals surface area contributed by atoms with Crippen LogP contribution < -0.4 is 20.1 Å². The van der Waals surface area contributed by atoms with Gasteiger partial charge in [-0.05, 0) is 53.8 Å². The summed E-state index contributed by atoms with van der Waals surface area (Å²) in [5, 5.41) is 7.30. The molecule has 2 atom stereocenters. The Hall–Kier alpha value is -4.51. The zero-order chi connectivity index (χ0) is 25.9. The quantitative estimate of drug-likeness (QED) is 0.291. The Morgan fingerprint density at radius 2 is 1.58 bits per heavy atom. The van der Waals surface area contributed by atoms with Gasteiger partial charge in [-0.2, -0.15) is 0 Å². The second kappa shape index (κ2) is 10.5. The van der Waals surface area contributed by atoms with Crippen molar-refractivity contribution in [3.05, 3.63) is 131 Å². The summed E-state index contributed by atoms with van der Waals surface area (Å²) in [5.74, 6) is 1.77. The average molecular weight is 503 g/mol. The Morgan fingerprint density at radius 3 is 2.42 bits per heavy atom. The lowest BCUT2D eigenvalue weighted by Crippen LogP contribution is -2.27. The molecule has 0 saturated carbocycles. The van der Waals surface area contributed by atoms with Crippen LogP contribution in [-0.2, 0) is 11.4 Å². The van der Waals surface area contributed by atoms with Crippen LogP contribution in [0.15, 0.2) is 114 Å². The molecule has 2 aliphatic rings. The summed E-state index contributed by atoms with van der Waals surface area (Å²) < 4.78 is 11.8. The number of allylic oxidation sites excluding steroid dienone is 1. The molecule has 0 fully saturated rings. The maximum absolute atomic E-state index is 13.9. The molecule has 4 aromatic carbocycles. The summed E-state index contributed by atoms with van der Waals surface area (Å²) in [4.78, 5) is 13.9. The highest BCUT2D eigenvalue weighted by Gasteiger charge is 2.37. The van der Waals surface area contributed by atoms with Gasteiger partial charge in [0.1, 0.15) is 18.1 Å². The van der Waals surface area contributed by atoms with Gasteiger partial charge >= 0.3 is 0 Å². The summed E-state index contributed by atoms with van der Waals surface area (Å²) in [7, 11) is 1.67. The van der Waals surface area contributed by atoms with Crippen LogP contribution in [0.3, 0.4) is 0 Å². The summed E-state index contributed by atoms with van der Waals surface area (Å²) in [6.45, 7) is 0.456. The van der Waals surface area contributed by atoms with E-state index in [1.54, 1.807) is 7.11 Å². The first-order chi connectivity index (χ1) is 18.7. The third kappa shape index (κ3) is 4.75. The van der Waals surface area contributed by atoms with Gasteiger partial charge in [0.15, 0.2) is 5.78 Å². The summed E-state index contributed by atoms with van der Waals surface area (Å²) >= 11 is 0. The highest BCUT2D eigenvalue weighted by molar-refractivity contribution is 6.01. The predicted octanol–water partition coefficient (Wildman–Crippen LogP) is 7.25. The molecule has 190 valence electrons. The lowest BCUT2D eigenvalue weighted by atomic mass is 9.78. The van der Waals surface area contributed by atoms with E-state index in [-0.39, 0.29) is 17.7 Å². The number of rotatable bonds is 6. The number of anilines is 2. The van der Waals surface area contributed by atoms with Crippen molar-refractivity contribution in [2.24, 2.45) is 0 Å². The Bertz CT molecular complexity index is 1500. The second-order valence-corrected chi connectivity index (χ2v) is 9.76. The third-order valence-corrected chi connectivity index (χ3v) is 7.34. The van der Waals surface area contributed by atoms with Crippen molar-refractivity contribution < 1.29 is 14.3 Å². The maximum Gasteiger partial charge on any atom is 0.163 e. The number of carbonyl (C=O) groups excluding carboxylic acids is 1. The zero-order valence-corrected chi connectivity index (χ0v) is 21.3. The zero-order valence-electron chi connectivity index (χ0n) is 21.3. The van der Waals surface area contributed by atoms with Crippen molar-refractivity contribution in [3.8, 4) is 11.5 Å². The van der Waals surface area contributed by atoms with Crippen molar-refractivity contribution in [3.63, 3.8) is 0 Å². The van der Waals surface area contributed by atoms with Crippen LogP contribution in [0.25, 0.3) is 0 Å². The van der Waals surface area contributed by atoms with Crippen molar-refractivity contribution in [1.82, 2.24) is 0 Å². The van der Waals surface area contributed by atoms with Crippen molar-refractivity contribution in [2.75, 3.05) is 17.7 Å². The largest absolute Gasteiger partial charge is 0.497 e. The molecule has 0 aromatic heterocycles. The number of Topliss-reactive ketones (excluding diaryl/α,β-unsaturated/α-hetero) is 1. The number of fused-ring (bicyclic) bond motifs is 1. The van der Waals surface area contributed by atoms with Crippen LogP contribution >= 0.6 is 0 Å². The van der Waals surface area contributed by atoms with E-state index in [2.05, 4.69) is 34.9 Å². The Kier molecular flexibility index (Phi) is 6.57. The molecule has 38 heavy (non-hydrogen) atoms. The minimum absolute atomic E-state index is 0.0688. The van der Waals surface area contributed by atoms with Crippen LogP contribution in [0, 0.1) is 0 Å². The van der Waals surface area contributed by atoms with E-state index in [0.717, 1.165) is 57.3 Å². The summed E-state index contributed by atoms with van der Waals surface area (Å²) in [5.41, 5.74) is 6.80. The molecule has 1 heterocycles. The van der Waals surface area contributed by atoms with Gasteiger partial charge in [-0.3, -0.25) is 4.79 Å². The first-order valence-corrected chi connectivity index (χ1v) is 13.0. The molecule has 0 amide bonds. The highest BCUT2D eigenvalue weighted by Crippen LogP contribution is 2.46. The number of ketones is 1. The first-order valence-electron chi connectivity index (χ1n) is 13.0. The molecule has 0 spiro atoms. The first kappa shape index (κ1) is 23.9. The molecule has 5 heteroatoms. The van der Waals surface area contributed by atoms with Crippen LogP contribution in [0.2, 0.25) is 0 Å². The van der Waals surface area contributed by atoms with Gasteiger partial charge < -0.3 is 20.1 Å². The molecule has 6 rings (SSSR count). The van der Waals surface area contributed by atoms with Crippen molar-refractivity contribution in [2.45, 2.75) is 31.4 Å². The van der Waals surface area contributed by atoms with E-state index in [9.17, 15) is 4.79 Å². The van der Waals surface area contributed by atoms with Crippen LogP contribution in [0.4, 0.5) is 11.4 Å². The van der Waals surface area contributed by atoms with Gasteiger partial charge in [0, 0.05) is 23.3 Å². The van der Waals surface area contributed by atoms with Gasteiger partial charge in [0.25, 0.3) is 0 Å². The Morgan fingerprint density at radius 1 is 0.816 bits per heavy atom. The van der Waals surface area contributed by atoms with E-state index in [4.69, 9.17) is 9.47 Å². The van der Waals surface area contributed by atoms with Crippen LogP contribution in [0.1, 0.15) is 41.5 Å². The van der Waals surface area contributed by atoms with Gasteiger partial charge in [-0.25, -0.2) is 0 Å². The number of nitrogens with one attached hydrogen (secondary N) is 2. The lowest BCUT2D eigenvalue weighted by molar-refractivity contribution is -0.116. The van der Waals surface area contributed by atoms with Gasteiger partial charge in [0.2, 0.25) is 0 Å². The normalized spacial score (nSPS) is 18.4. The molecular formula is C33H30N2O3. The number of para-hydroxylation sites is 3. The topological polar surface area (TPSA) is 59.6 Å². The molecular weight excluding hydrogens is 472 g/mol. The van der Waals surface area contributed by atoms with Crippen molar-refractivity contribution >= 4 is 17.2 Å². The third-order valence-electron chi connectivity index (χ3n) is 7.34. The van der Waals surface area contributed by atoms with Crippen LogP contribution in [0.5, 0.6) is 11.5 Å². The predicted molar refractivity (Wildman–Crippen MR) is 151 cm³/mol. The molecule has 0 unspecified atom stereocenters. The van der Waals surface area contributed by atoms with Gasteiger partial charge in [0.05, 0.1) is 24.5 Å². The second-order valence-electron chi connectivity index (χ2n) is 9.76. The monoisotopic (exact) mass is 502 g/mol. The van der Waals surface area contributed by atoms with E-state index in [1.165, 1.54) is 0 Å². The fourth-order valence-corrected chi connectivity index (χ4v) is 5.44.